The summed E-state index contributed by atoms with van der Waals surface area (Å²) in [5.41, 5.74) is 10.5. The number of thioether (sulfide) groups is 1. The van der Waals surface area contributed by atoms with Gasteiger partial charge in [-0.1, -0.05) is 0 Å². The van der Waals surface area contributed by atoms with Crippen LogP contribution >= 0.6 is 11.8 Å². The van der Waals surface area contributed by atoms with Gasteiger partial charge in [-0.3, -0.25) is 24.0 Å². The third kappa shape index (κ3) is 11.1. The maximum absolute atomic E-state index is 12.5. The molecule has 0 aliphatic heterocycles. The van der Waals surface area contributed by atoms with E-state index in [1.807, 2.05) is 6.26 Å². The van der Waals surface area contributed by atoms with Gasteiger partial charge >= 0.3 is 5.97 Å². The lowest BCUT2D eigenvalue weighted by atomic mass is 10.1. The number of carbonyl (C=O) groups is 5. The number of primary amides is 1. The Labute approximate surface area is 161 Å². The Morgan fingerprint density at radius 3 is 2.04 bits per heavy atom. The predicted molar refractivity (Wildman–Crippen MR) is 99.6 cm³/mol. The molecule has 12 heteroatoms. The van der Waals surface area contributed by atoms with Gasteiger partial charge in [-0.05, 0) is 31.8 Å². The predicted octanol–water partition coefficient (Wildman–Crippen LogP) is -2.48. The minimum Gasteiger partial charge on any atom is -0.480 e. The van der Waals surface area contributed by atoms with Gasteiger partial charge in [0.15, 0.2) is 0 Å². The van der Waals surface area contributed by atoms with Gasteiger partial charge in [0.05, 0.1) is 6.04 Å². The molecule has 8 N–H and O–H groups in total. The first-order valence-electron chi connectivity index (χ1n) is 8.21. The molecule has 0 aliphatic rings. The Hall–Kier alpha value is -2.34. The summed E-state index contributed by atoms with van der Waals surface area (Å²) < 4.78 is 0. The van der Waals surface area contributed by atoms with E-state index < -0.39 is 54.3 Å². The first kappa shape index (κ1) is 24.7. The van der Waals surface area contributed by atoms with Crippen molar-refractivity contribution >= 4 is 41.4 Å². The van der Waals surface area contributed by atoms with E-state index in [-0.39, 0.29) is 19.3 Å². The van der Waals surface area contributed by atoms with Gasteiger partial charge in [0.25, 0.3) is 0 Å². The zero-order valence-corrected chi connectivity index (χ0v) is 16.1. The second kappa shape index (κ2) is 12.9. The summed E-state index contributed by atoms with van der Waals surface area (Å²) >= 11 is 1.44. The Morgan fingerprint density at radius 1 is 1.00 bits per heavy atom. The zero-order valence-electron chi connectivity index (χ0n) is 15.3. The molecular weight excluding hydrogens is 378 g/mol. The third-order valence-electron chi connectivity index (χ3n) is 3.38. The van der Waals surface area contributed by atoms with Gasteiger partial charge in [0, 0.05) is 6.42 Å². The Balaban J connectivity index is 5.12. The fourth-order valence-electron chi connectivity index (χ4n) is 1.92. The second-order valence-corrected chi connectivity index (χ2v) is 6.79. The summed E-state index contributed by atoms with van der Waals surface area (Å²) in [6, 6.07) is -2.98. The Morgan fingerprint density at radius 2 is 1.56 bits per heavy atom. The lowest BCUT2D eigenvalue weighted by Gasteiger charge is -2.23. The van der Waals surface area contributed by atoms with Crippen molar-refractivity contribution in [1.29, 1.82) is 0 Å². The van der Waals surface area contributed by atoms with E-state index in [0.717, 1.165) is 0 Å². The Bertz CT molecular complexity index is 557. The van der Waals surface area contributed by atoms with E-state index in [4.69, 9.17) is 16.6 Å². The number of carboxylic acids is 1. The normalized spacial score (nSPS) is 13.7. The molecule has 0 fully saturated rings. The van der Waals surface area contributed by atoms with E-state index in [0.29, 0.717) is 5.75 Å². The van der Waals surface area contributed by atoms with Crippen LogP contribution in [0.3, 0.4) is 0 Å². The summed E-state index contributed by atoms with van der Waals surface area (Å²) in [6.45, 7) is 0.843. The van der Waals surface area contributed by atoms with E-state index >= 15 is 0 Å². The minimum atomic E-state index is -1.22. The van der Waals surface area contributed by atoms with Crippen molar-refractivity contribution in [1.82, 2.24) is 16.0 Å². The van der Waals surface area contributed by atoms with Gasteiger partial charge in [-0.25, -0.2) is 0 Å². The number of carbonyl (C=O) groups excluding carboxylic acids is 4. The Kier molecular flexibility index (Phi) is 11.8. The van der Waals surface area contributed by atoms with Crippen LogP contribution < -0.4 is 27.4 Å². The van der Waals surface area contributed by atoms with Crippen molar-refractivity contribution in [2.75, 3.05) is 18.6 Å². The minimum absolute atomic E-state index is 0.0639. The van der Waals surface area contributed by atoms with Crippen LogP contribution in [-0.2, 0) is 24.0 Å². The molecule has 0 saturated carbocycles. The van der Waals surface area contributed by atoms with Crippen molar-refractivity contribution in [2.45, 2.75) is 44.3 Å². The van der Waals surface area contributed by atoms with Crippen molar-refractivity contribution in [3.8, 4) is 0 Å². The van der Waals surface area contributed by atoms with Gasteiger partial charge in [0.2, 0.25) is 23.6 Å². The maximum Gasteiger partial charge on any atom is 0.322 e. The monoisotopic (exact) mass is 405 g/mol. The topological polar surface area (TPSA) is 194 Å². The van der Waals surface area contributed by atoms with E-state index in [1.54, 1.807) is 0 Å². The zero-order chi connectivity index (χ0) is 21.0. The molecule has 0 rings (SSSR count). The fraction of sp³-hybridized carbons (Fsp3) is 0.667. The first-order chi connectivity index (χ1) is 12.6. The summed E-state index contributed by atoms with van der Waals surface area (Å²) in [4.78, 5) is 58.0. The molecule has 11 nitrogen and oxygen atoms in total. The van der Waals surface area contributed by atoms with Gasteiger partial charge in [-0.2, -0.15) is 11.8 Å². The molecule has 3 unspecified atom stereocenters. The van der Waals surface area contributed by atoms with Crippen molar-refractivity contribution < 1.29 is 29.1 Å². The molecule has 3 atom stereocenters. The molecule has 154 valence electrons. The number of carboxylic acid groups (broad SMARTS) is 1. The van der Waals surface area contributed by atoms with Gasteiger partial charge < -0.3 is 32.5 Å². The summed E-state index contributed by atoms with van der Waals surface area (Å²) in [6.07, 6.45) is 1.85. The number of hydrogen-bond acceptors (Lipinski definition) is 7. The summed E-state index contributed by atoms with van der Waals surface area (Å²) in [7, 11) is 0. The standard InChI is InChI=1S/C15H27N5O6S/c1-8(16)13(24)19-9(3-4-11(17)21)15(26)20-10(5-6-27-2)14(25)18-7-12(22)23/h8-10H,3-7,16H2,1-2H3,(H2,17,21)(H,18,25)(H,19,24)(H,20,26)(H,22,23). The van der Waals surface area contributed by atoms with Crippen LogP contribution in [0.1, 0.15) is 26.2 Å². The number of nitrogens with one attached hydrogen (secondary N) is 3. The first-order valence-corrected chi connectivity index (χ1v) is 9.60. The van der Waals surface area contributed by atoms with E-state index in [2.05, 4.69) is 16.0 Å². The number of hydrogen-bond donors (Lipinski definition) is 6. The SMILES string of the molecule is CSCCC(NC(=O)C(CCC(N)=O)NC(=O)C(C)N)C(=O)NCC(=O)O. The van der Waals surface area contributed by atoms with Gasteiger partial charge in [0.1, 0.15) is 18.6 Å². The maximum atomic E-state index is 12.5. The van der Waals surface area contributed by atoms with Crippen LogP contribution in [0, 0.1) is 0 Å². The third-order valence-corrected chi connectivity index (χ3v) is 4.03. The fourth-order valence-corrected chi connectivity index (χ4v) is 2.39. The van der Waals surface area contributed by atoms with Crippen LogP contribution in [0.15, 0.2) is 0 Å². The van der Waals surface area contributed by atoms with Crippen LogP contribution in [-0.4, -0.2) is 71.4 Å². The molecule has 0 aromatic carbocycles. The second-order valence-electron chi connectivity index (χ2n) is 5.81. The average molecular weight is 405 g/mol. The van der Waals surface area contributed by atoms with Gasteiger partial charge in [-0.15, -0.1) is 0 Å². The molecule has 0 bridgehead atoms. The highest BCUT2D eigenvalue weighted by atomic mass is 32.2. The highest BCUT2D eigenvalue weighted by Gasteiger charge is 2.27. The molecule has 0 aliphatic carbocycles. The molecule has 0 saturated heterocycles. The highest BCUT2D eigenvalue weighted by Crippen LogP contribution is 2.04. The average Bonchev–Trinajstić information content (AvgIpc) is 2.59. The van der Waals surface area contributed by atoms with Crippen LogP contribution in [0.25, 0.3) is 0 Å². The summed E-state index contributed by atoms with van der Waals surface area (Å²) in [5, 5.41) is 15.7. The number of amides is 4. The largest absolute Gasteiger partial charge is 0.480 e. The van der Waals surface area contributed by atoms with E-state index in [9.17, 15) is 24.0 Å². The molecule has 0 aromatic heterocycles. The molecule has 27 heavy (non-hydrogen) atoms. The highest BCUT2D eigenvalue weighted by molar-refractivity contribution is 7.98. The number of rotatable bonds is 13. The summed E-state index contributed by atoms with van der Waals surface area (Å²) in [5.74, 6) is -3.30. The number of aliphatic carboxylic acids is 1. The molecule has 4 amide bonds. The quantitative estimate of drug-likeness (QED) is 0.194. The van der Waals surface area contributed by atoms with E-state index in [1.165, 1.54) is 18.7 Å². The molecule has 0 spiro atoms. The molecule has 0 heterocycles. The van der Waals surface area contributed by atoms with Crippen LogP contribution in [0.4, 0.5) is 0 Å². The molecule has 0 radical (unpaired) electrons. The van der Waals surface area contributed by atoms with Crippen molar-refractivity contribution in [2.24, 2.45) is 11.5 Å². The van der Waals surface area contributed by atoms with Crippen molar-refractivity contribution in [3.63, 3.8) is 0 Å². The van der Waals surface area contributed by atoms with Crippen LogP contribution in [0.2, 0.25) is 0 Å². The molecule has 0 aromatic rings. The van der Waals surface area contributed by atoms with Crippen molar-refractivity contribution in [3.05, 3.63) is 0 Å². The lowest BCUT2D eigenvalue weighted by molar-refractivity contribution is -0.138. The smallest absolute Gasteiger partial charge is 0.322 e. The lowest BCUT2D eigenvalue weighted by Crippen LogP contribution is -2.56. The number of nitrogens with two attached hydrogens (primary N) is 2. The molecular formula is C15H27N5O6S. The van der Waals surface area contributed by atoms with Crippen LogP contribution in [0.5, 0.6) is 0 Å².